The van der Waals surface area contributed by atoms with Crippen LogP contribution >= 0.6 is 0 Å². The van der Waals surface area contributed by atoms with Crippen molar-refractivity contribution in [3.8, 4) is 0 Å². The summed E-state index contributed by atoms with van der Waals surface area (Å²) in [6.07, 6.45) is 1.61. The van der Waals surface area contributed by atoms with Gasteiger partial charge in [0, 0.05) is 12.7 Å². The second-order valence-electron chi connectivity index (χ2n) is 4.32. The van der Waals surface area contributed by atoms with Gasteiger partial charge in [-0.1, -0.05) is 13.0 Å². The Morgan fingerprint density at radius 2 is 2.21 bits per heavy atom. The average Bonchev–Trinajstić information content (AvgIpc) is 2.37. The molecular weight excluding hydrogens is 248 g/mol. The Bertz CT molecular complexity index is 424. The molecule has 1 aromatic heterocycles. The smallest absolute Gasteiger partial charge is 0.307 e. The van der Waals surface area contributed by atoms with Gasteiger partial charge in [0.2, 0.25) is 0 Å². The molecule has 1 heterocycles. The molecule has 1 unspecified atom stereocenters. The second kappa shape index (κ2) is 7.32. The highest BCUT2D eigenvalue weighted by atomic mass is 16.4. The number of pyridine rings is 1. The molecule has 0 aromatic carbocycles. The van der Waals surface area contributed by atoms with E-state index < -0.39 is 11.9 Å². The van der Waals surface area contributed by atoms with E-state index in [4.69, 9.17) is 5.11 Å². The number of likely N-dealkylation sites (N-methyl/N-ethyl adjacent to an activating group) is 1. The molecule has 1 aromatic rings. The summed E-state index contributed by atoms with van der Waals surface area (Å²) in [6.45, 7) is 2.02. The lowest BCUT2D eigenvalue weighted by molar-refractivity contribution is -0.142. The Morgan fingerprint density at radius 1 is 1.47 bits per heavy atom. The third kappa shape index (κ3) is 5.82. The van der Waals surface area contributed by atoms with Crippen molar-refractivity contribution in [1.29, 1.82) is 0 Å². The van der Waals surface area contributed by atoms with E-state index in [9.17, 15) is 9.59 Å². The van der Waals surface area contributed by atoms with Crippen molar-refractivity contribution in [3.05, 3.63) is 24.4 Å². The number of carbonyl (C=O) groups excluding carboxylic acids is 1. The number of nitrogens with zero attached hydrogens (tertiary/aromatic N) is 2. The van der Waals surface area contributed by atoms with E-state index >= 15 is 0 Å². The molecule has 1 rings (SSSR count). The molecule has 0 aliphatic carbocycles. The highest BCUT2D eigenvalue weighted by Gasteiger charge is 2.15. The summed E-state index contributed by atoms with van der Waals surface area (Å²) >= 11 is 0. The molecule has 19 heavy (non-hydrogen) atoms. The Balaban J connectivity index is 2.29. The molecule has 0 radical (unpaired) electrons. The van der Waals surface area contributed by atoms with Crippen molar-refractivity contribution in [3.63, 3.8) is 0 Å². The van der Waals surface area contributed by atoms with E-state index in [0.29, 0.717) is 12.4 Å². The number of rotatable bonds is 7. The molecule has 7 heteroatoms. The van der Waals surface area contributed by atoms with Crippen molar-refractivity contribution < 1.29 is 14.7 Å². The minimum Gasteiger partial charge on any atom is -0.481 e. The van der Waals surface area contributed by atoms with Crippen LogP contribution in [0.3, 0.4) is 0 Å². The summed E-state index contributed by atoms with van der Waals surface area (Å²) in [4.78, 5) is 27.9. The SMILES string of the molecule is CC(CN(C)CC(=O)NNc1ccccn1)C(=O)O. The van der Waals surface area contributed by atoms with Crippen molar-refractivity contribution in [1.82, 2.24) is 15.3 Å². The summed E-state index contributed by atoms with van der Waals surface area (Å²) < 4.78 is 0. The van der Waals surface area contributed by atoms with Gasteiger partial charge in [-0.25, -0.2) is 4.98 Å². The topological polar surface area (TPSA) is 94.6 Å². The van der Waals surface area contributed by atoms with Gasteiger partial charge in [-0.05, 0) is 19.2 Å². The van der Waals surface area contributed by atoms with Crippen LogP contribution in [0.1, 0.15) is 6.92 Å². The number of carboxylic acids is 1. The number of aliphatic carboxylic acids is 1. The molecule has 104 valence electrons. The molecule has 3 N–H and O–H groups in total. The fourth-order valence-corrected chi connectivity index (χ4v) is 1.47. The minimum atomic E-state index is -0.876. The number of hydrogen-bond donors (Lipinski definition) is 3. The van der Waals surface area contributed by atoms with E-state index in [1.165, 1.54) is 0 Å². The highest BCUT2D eigenvalue weighted by Crippen LogP contribution is 1.99. The molecule has 0 fully saturated rings. The first-order valence-corrected chi connectivity index (χ1v) is 5.86. The fraction of sp³-hybridized carbons (Fsp3) is 0.417. The van der Waals surface area contributed by atoms with Gasteiger partial charge in [-0.3, -0.25) is 25.3 Å². The van der Waals surface area contributed by atoms with Gasteiger partial charge >= 0.3 is 5.97 Å². The zero-order chi connectivity index (χ0) is 14.3. The molecule has 0 bridgehead atoms. The maximum atomic E-state index is 11.6. The number of nitrogens with one attached hydrogen (secondary N) is 2. The van der Waals surface area contributed by atoms with E-state index in [1.54, 1.807) is 43.3 Å². The van der Waals surface area contributed by atoms with Crippen LogP contribution in [0, 0.1) is 5.92 Å². The minimum absolute atomic E-state index is 0.109. The lowest BCUT2D eigenvalue weighted by Crippen LogP contribution is -2.40. The highest BCUT2D eigenvalue weighted by molar-refractivity contribution is 5.79. The first-order chi connectivity index (χ1) is 8.99. The van der Waals surface area contributed by atoms with Gasteiger partial charge in [-0.2, -0.15) is 0 Å². The molecule has 0 saturated carbocycles. The number of anilines is 1. The Labute approximate surface area is 111 Å². The first kappa shape index (κ1) is 14.9. The van der Waals surface area contributed by atoms with Crippen LogP contribution in [-0.2, 0) is 9.59 Å². The third-order valence-electron chi connectivity index (χ3n) is 2.42. The van der Waals surface area contributed by atoms with Crippen molar-refractivity contribution in [2.75, 3.05) is 25.6 Å². The van der Waals surface area contributed by atoms with Crippen LogP contribution < -0.4 is 10.9 Å². The maximum absolute atomic E-state index is 11.6. The number of carbonyl (C=O) groups is 2. The molecular formula is C12H18N4O3. The maximum Gasteiger partial charge on any atom is 0.307 e. The zero-order valence-electron chi connectivity index (χ0n) is 11.0. The standard InChI is InChI=1S/C12H18N4O3/c1-9(12(18)19)7-16(2)8-11(17)15-14-10-5-3-4-6-13-10/h3-6,9H,7-8H2,1-2H3,(H,13,14)(H,15,17)(H,18,19). The van der Waals surface area contributed by atoms with E-state index in [-0.39, 0.29) is 12.5 Å². The largest absolute Gasteiger partial charge is 0.481 e. The predicted octanol–water partition coefficient (Wildman–Crippen LogP) is 0.177. The average molecular weight is 266 g/mol. The monoisotopic (exact) mass is 266 g/mol. The lowest BCUT2D eigenvalue weighted by Gasteiger charge is -2.18. The fourth-order valence-electron chi connectivity index (χ4n) is 1.47. The summed E-state index contributed by atoms with van der Waals surface area (Å²) in [6, 6.07) is 5.28. The van der Waals surface area contributed by atoms with Gasteiger partial charge in [0.05, 0.1) is 12.5 Å². The summed E-state index contributed by atoms with van der Waals surface area (Å²) in [7, 11) is 1.69. The van der Waals surface area contributed by atoms with Crippen LogP contribution in [0.5, 0.6) is 0 Å². The first-order valence-electron chi connectivity index (χ1n) is 5.86. The third-order valence-corrected chi connectivity index (χ3v) is 2.42. The van der Waals surface area contributed by atoms with E-state index in [2.05, 4.69) is 15.8 Å². The Kier molecular flexibility index (Phi) is 5.74. The molecule has 1 atom stereocenters. The molecule has 0 aliphatic heterocycles. The van der Waals surface area contributed by atoms with E-state index in [1.807, 2.05) is 0 Å². The quantitative estimate of drug-likeness (QED) is 0.609. The number of hydrazine groups is 1. The second-order valence-corrected chi connectivity index (χ2v) is 4.32. The van der Waals surface area contributed by atoms with Crippen LogP contribution in [-0.4, -0.2) is 47.0 Å². The number of hydrogen-bond acceptors (Lipinski definition) is 5. The number of aromatic nitrogens is 1. The Hall–Kier alpha value is -2.15. The summed E-state index contributed by atoms with van der Waals surface area (Å²) in [5.74, 6) is -1.11. The van der Waals surface area contributed by atoms with Gasteiger partial charge in [0.25, 0.3) is 5.91 Å². The van der Waals surface area contributed by atoms with Crippen molar-refractivity contribution >= 4 is 17.7 Å². The predicted molar refractivity (Wildman–Crippen MR) is 70.3 cm³/mol. The van der Waals surface area contributed by atoms with Crippen LogP contribution in [0.15, 0.2) is 24.4 Å². The van der Waals surface area contributed by atoms with Crippen LogP contribution in [0.4, 0.5) is 5.82 Å². The van der Waals surface area contributed by atoms with Gasteiger partial charge < -0.3 is 5.11 Å². The van der Waals surface area contributed by atoms with E-state index in [0.717, 1.165) is 0 Å². The molecule has 0 spiro atoms. The van der Waals surface area contributed by atoms with Gasteiger partial charge in [-0.15, -0.1) is 0 Å². The zero-order valence-corrected chi connectivity index (χ0v) is 11.0. The number of amides is 1. The molecule has 7 nitrogen and oxygen atoms in total. The van der Waals surface area contributed by atoms with Gasteiger partial charge in [0.15, 0.2) is 0 Å². The van der Waals surface area contributed by atoms with Crippen LogP contribution in [0.2, 0.25) is 0 Å². The van der Waals surface area contributed by atoms with Gasteiger partial charge in [0.1, 0.15) is 5.82 Å². The summed E-state index contributed by atoms with van der Waals surface area (Å²) in [5, 5.41) is 8.77. The molecule has 1 amide bonds. The normalized spacial score (nSPS) is 11.9. The van der Waals surface area contributed by atoms with Crippen molar-refractivity contribution in [2.24, 2.45) is 5.92 Å². The lowest BCUT2D eigenvalue weighted by atomic mass is 10.2. The summed E-state index contributed by atoms with van der Waals surface area (Å²) in [5.41, 5.74) is 5.16. The molecule has 0 aliphatic rings. The number of carboxylic acid groups (broad SMARTS) is 1. The molecule has 0 saturated heterocycles. The van der Waals surface area contributed by atoms with Crippen LogP contribution in [0.25, 0.3) is 0 Å². The van der Waals surface area contributed by atoms with Crippen molar-refractivity contribution in [2.45, 2.75) is 6.92 Å². The Morgan fingerprint density at radius 3 is 2.79 bits per heavy atom.